The molecule has 0 radical (unpaired) electrons. The highest BCUT2D eigenvalue weighted by atomic mass is 19.1. The van der Waals surface area contributed by atoms with Gasteiger partial charge in [-0.1, -0.05) is 12.1 Å². The Bertz CT molecular complexity index is 1230. The molecule has 33 heavy (non-hydrogen) atoms. The topological polar surface area (TPSA) is 80.6 Å². The van der Waals surface area contributed by atoms with Crippen LogP contribution < -0.4 is 15.2 Å². The van der Waals surface area contributed by atoms with Crippen molar-refractivity contribution in [2.24, 2.45) is 11.7 Å². The maximum atomic E-state index is 14.3. The number of nitrogens with two attached hydrogens (primary N) is 1. The maximum absolute atomic E-state index is 14.3. The quantitative estimate of drug-likeness (QED) is 0.504. The van der Waals surface area contributed by atoms with Crippen molar-refractivity contribution >= 4 is 22.9 Å². The number of rotatable bonds is 9. The largest absolute Gasteiger partial charge is 0.495 e. The zero-order chi connectivity index (χ0) is 22.9. The van der Waals surface area contributed by atoms with E-state index < -0.39 is 11.7 Å². The molecule has 2 aliphatic rings. The zero-order valence-electron chi connectivity index (χ0n) is 18.7. The van der Waals surface area contributed by atoms with E-state index in [0.29, 0.717) is 11.5 Å². The first-order valence-corrected chi connectivity index (χ1v) is 11.4. The fourth-order valence-corrected chi connectivity index (χ4v) is 4.60. The number of nitrogens with one attached hydrogen (secondary N) is 1. The molecule has 3 N–H and O–H groups in total. The molecule has 0 bridgehead atoms. The SMILES string of the molecule is COc1cccc2c(CCCN(CC3CC3)C3=Cc4c(C(N)=O)ccc(F)c4OC3)c[nH]c12. The Labute approximate surface area is 192 Å². The molecule has 6 nitrogen and oxygen atoms in total. The van der Waals surface area contributed by atoms with Gasteiger partial charge in [-0.2, -0.15) is 0 Å². The summed E-state index contributed by atoms with van der Waals surface area (Å²) in [7, 11) is 1.68. The Hall–Kier alpha value is -3.48. The number of carbonyl (C=O) groups excluding carboxylic acids is 1. The highest BCUT2D eigenvalue weighted by Crippen LogP contribution is 2.36. The number of amides is 1. The number of H-pyrrole nitrogens is 1. The molecule has 0 saturated heterocycles. The van der Waals surface area contributed by atoms with Gasteiger partial charge in [0.05, 0.1) is 23.9 Å². The van der Waals surface area contributed by atoms with Gasteiger partial charge in [0.1, 0.15) is 12.4 Å². The van der Waals surface area contributed by atoms with Crippen LogP contribution in [0.1, 0.15) is 40.7 Å². The molecule has 0 unspecified atom stereocenters. The molecule has 1 saturated carbocycles. The third kappa shape index (κ3) is 4.27. The van der Waals surface area contributed by atoms with E-state index in [1.807, 2.05) is 18.2 Å². The summed E-state index contributed by atoms with van der Waals surface area (Å²) in [6.45, 7) is 2.06. The van der Waals surface area contributed by atoms with Crippen LogP contribution in [0.5, 0.6) is 11.5 Å². The van der Waals surface area contributed by atoms with Gasteiger partial charge in [-0.3, -0.25) is 4.79 Å². The van der Waals surface area contributed by atoms with Crippen molar-refractivity contribution in [2.75, 3.05) is 26.8 Å². The summed E-state index contributed by atoms with van der Waals surface area (Å²) in [5.74, 6) is 0.557. The number of hydrogen-bond donors (Lipinski definition) is 2. The van der Waals surface area contributed by atoms with E-state index in [9.17, 15) is 9.18 Å². The van der Waals surface area contributed by atoms with Gasteiger partial charge in [-0.25, -0.2) is 4.39 Å². The molecule has 3 aromatic rings. The first-order chi connectivity index (χ1) is 16.0. The second-order valence-corrected chi connectivity index (χ2v) is 8.82. The van der Waals surface area contributed by atoms with Crippen molar-refractivity contribution in [3.05, 3.63) is 64.7 Å². The molecule has 1 aliphatic heterocycles. The minimum absolute atomic E-state index is 0.106. The Kier molecular flexibility index (Phi) is 5.70. The van der Waals surface area contributed by atoms with Gasteiger partial charge in [0, 0.05) is 30.2 Å². The smallest absolute Gasteiger partial charge is 0.249 e. The number of primary amides is 1. The number of halogens is 1. The number of nitrogens with zero attached hydrogens (tertiary/aromatic N) is 1. The average molecular weight is 450 g/mol. The van der Waals surface area contributed by atoms with Crippen LogP contribution in [0.15, 0.2) is 42.2 Å². The molecule has 2 aromatic carbocycles. The first kappa shape index (κ1) is 21.4. The van der Waals surface area contributed by atoms with Crippen LogP contribution in [0, 0.1) is 11.7 Å². The number of ether oxygens (including phenoxy) is 2. The Morgan fingerprint density at radius 3 is 2.91 bits per heavy atom. The van der Waals surface area contributed by atoms with Crippen LogP contribution in [-0.4, -0.2) is 42.6 Å². The van der Waals surface area contributed by atoms with Gasteiger partial charge < -0.3 is 25.1 Å². The van der Waals surface area contributed by atoms with E-state index in [2.05, 4.69) is 22.1 Å². The van der Waals surface area contributed by atoms with Crippen molar-refractivity contribution in [1.82, 2.24) is 9.88 Å². The minimum atomic E-state index is -0.587. The van der Waals surface area contributed by atoms with E-state index >= 15 is 0 Å². The monoisotopic (exact) mass is 449 g/mol. The fourth-order valence-electron chi connectivity index (χ4n) is 4.60. The van der Waals surface area contributed by atoms with E-state index in [0.717, 1.165) is 42.9 Å². The van der Waals surface area contributed by atoms with E-state index in [1.165, 1.54) is 35.9 Å². The fraction of sp³-hybridized carbons (Fsp3) is 0.346. The van der Waals surface area contributed by atoms with Crippen LogP contribution in [-0.2, 0) is 6.42 Å². The normalized spacial score (nSPS) is 15.0. The summed E-state index contributed by atoms with van der Waals surface area (Å²) >= 11 is 0. The minimum Gasteiger partial charge on any atom is -0.495 e. The van der Waals surface area contributed by atoms with Crippen LogP contribution in [0.25, 0.3) is 17.0 Å². The van der Waals surface area contributed by atoms with Crippen LogP contribution in [0.4, 0.5) is 4.39 Å². The van der Waals surface area contributed by atoms with Gasteiger partial charge in [0.2, 0.25) is 5.91 Å². The lowest BCUT2D eigenvalue weighted by molar-refractivity contribution is 0.0999. The van der Waals surface area contributed by atoms with Crippen molar-refractivity contribution in [2.45, 2.75) is 25.7 Å². The summed E-state index contributed by atoms with van der Waals surface area (Å²) in [4.78, 5) is 17.6. The second-order valence-electron chi connectivity index (χ2n) is 8.82. The summed E-state index contributed by atoms with van der Waals surface area (Å²) < 4.78 is 25.5. The second kappa shape index (κ2) is 8.81. The lowest BCUT2D eigenvalue weighted by Crippen LogP contribution is -2.31. The molecule has 1 amide bonds. The third-order valence-electron chi connectivity index (χ3n) is 6.53. The molecule has 0 atom stereocenters. The van der Waals surface area contributed by atoms with E-state index in [-0.39, 0.29) is 17.9 Å². The number of aromatic nitrogens is 1. The Morgan fingerprint density at radius 2 is 2.15 bits per heavy atom. The summed E-state index contributed by atoms with van der Waals surface area (Å²) in [6.07, 6.45) is 8.25. The molecule has 2 heterocycles. The molecule has 1 aromatic heterocycles. The maximum Gasteiger partial charge on any atom is 0.249 e. The molecular formula is C26H28FN3O3. The van der Waals surface area contributed by atoms with Gasteiger partial charge in [-0.15, -0.1) is 0 Å². The number of aromatic amines is 1. The number of fused-ring (bicyclic) bond motifs is 2. The molecule has 0 spiro atoms. The zero-order valence-corrected chi connectivity index (χ0v) is 18.7. The van der Waals surface area contributed by atoms with Crippen molar-refractivity contribution in [1.29, 1.82) is 0 Å². The molecule has 172 valence electrons. The number of carbonyl (C=O) groups is 1. The van der Waals surface area contributed by atoms with Crippen molar-refractivity contribution in [3.63, 3.8) is 0 Å². The standard InChI is InChI=1S/C26H28FN3O3/c1-32-23-6-2-5-19-17(13-29-24(19)23)4-3-11-30(14-16-7-8-16)18-12-21-20(26(28)31)9-10-22(27)25(21)33-15-18/h2,5-6,9-10,12-13,16,29H,3-4,7-8,11,14-15H2,1H3,(H2,28,31). The molecule has 5 rings (SSSR count). The van der Waals surface area contributed by atoms with Gasteiger partial charge in [-0.05, 0) is 61.4 Å². The number of hydrogen-bond acceptors (Lipinski definition) is 4. The van der Waals surface area contributed by atoms with Gasteiger partial charge in [0.25, 0.3) is 0 Å². The number of methoxy groups -OCH3 is 1. The predicted molar refractivity (Wildman–Crippen MR) is 126 cm³/mol. The van der Waals surface area contributed by atoms with Crippen molar-refractivity contribution in [3.8, 4) is 11.5 Å². The molecular weight excluding hydrogens is 421 g/mol. The first-order valence-electron chi connectivity index (χ1n) is 11.4. The van der Waals surface area contributed by atoms with E-state index in [1.54, 1.807) is 7.11 Å². The predicted octanol–water partition coefficient (Wildman–Crippen LogP) is 4.49. The summed E-state index contributed by atoms with van der Waals surface area (Å²) in [5.41, 5.74) is 9.48. The van der Waals surface area contributed by atoms with Crippen LogP contribution >= 0.6 is 0 Å². The average Bonchev–Trinajstić information content (AvgIpc) is 3.55. The van der Waals surface area contributed by atoms with Crippen molar-refractivity contribution < 1.29 is 18.7 Å². The number of benzene rings is 2. The van der Waals surface area contributed by atoms with Crippen LogP contribution in [0.2, 0.25) is 0 Å². The summed E-state index contributed by atoms with van der Waals surface area (Å²) in [6, 6.07) is 8.73. The van der Waals surface area contributed by atoms with Gasteiger partial charge >= 0.3 is 0 Å². The highest BCUT2D eigenvalue weighted by molar-refractivity contribution is 5.98. The lowest BCUT2D eigenvalue weighted by atomic mass is 10.0. The number of aryl methyl sites for hydroxylation is 1. The number of para-hydroxylation sites is 1. The Morgan fingerprint density at radius 1 is 1.30 bits per heavy atom. The molecule has 7 heteroatoms. The Balaban J connectivity index is 1.35. The summed E-state index contributed by atoms with van der Waals surface area (Å²) in [5, 5.41) is 1.18. The molecule has 1 fully saturated rings. The van der Waals surface area contributed by atoms with Crippen LogP contribution in [0.3, 0.4) is 0 Å². The molecule has 1 aliphatic carbocycles. The van der Waals surface area contributed by atoms with E-state index in [4.69, 9.17) is 15.2 Å². The third-order valence-corrected chi connectivity index (χ3v) is 6.53. The van der Waals surface area contributed by atoms with Gasteiger partial charge in [0.15, 0.2) is 11.6 Å². The lowest BCUT2D eigenvalue weighted by Gasteiger charge is -2.31. The highest BCUT2D eigenvalue weighted by Gasteiger charge is 2.28.